The monoisotopic (exact) mass is 355 g/mol. The quantitative estimate of drug-likeness (QED) is 0.183. The minimum absolute atomic E-state index is 0.228. The molecule has 2 heteroatoms. The van der Waals surface area contributed by atoms with E-state index in [0.29, 0.717) is 0 Å². The fourth-order valence-electron chi connectivity index (χ4n) is 3.57. The molecule has 0 fully saturated rings. The zero-order chi connectivity index (χ0) is 18.6. The van der Waals surface area contributed by atoms with E-state index in [1.54, 1.807) is 0 Å². The second kappa shape index (κ2) is 20.2. The van der Waals surface area contributed by atoms with E-state index in [1.165, 1.54) is 103 Å². The van der Waals surface area contributed by atoms with Crippen molar-refractivity contribution in [1.82, 2.24) is 4.90 Å². The molecule has 0 rings (SSSR count). The van der Waals surface area contributed by atoms with E-state index in [4.69, 9.17) is 0 Å². The molecule has 0 aromatic heterocycles. The third-order valence-electron chi connectivity index (χ3n) is 5.38. The lowest BCUT2D eigenvalue weighted by atomic mass is 10.1. The molecular formula is C23H49NO. The highest BCUT2D eigenvalue weighted by molar-refractivity contribution is 4.62. The van der Waals surface area contributed by atoms with Gasteiger partial charge in [0.15, 0.2) is 0 Å². The number of hydrogen-bond acceptors (Lipinski definition) is 2. The molecule has 25 heavy (non-hydrogen) atoms. The summed E-state index contributed by atoms with van der Waals surface area (Å²) < 4.78 is 0. The lowest BCUT2D eigenvalue weighted by Crippen LogP contribution is -2.36. The smallest absolute Gasteiger partial charge is 0.107 e. The Labute approximate surface area is 159 Å². The van der Waals surface area contributed by atoms with E-state index >= 15 is 0 Å². The highest BCUT2D eigenvalue weighted by atomic mass is 16.3. The van der Waals surface area contributed by atoms with Crippen LogP contribution >= 0.6 is 0 Å². The summed E-state index contributed by atoms with van der Waals surface area (Å²) in [5, 5.41) is 10.2. The van der Waals surface area contributed by atoms with Gasteiger partial charge in [0.1, 0.15) is 6.23 Å². The molecule has 0 aromatic rings. The first-order valence-corrected chi connectivity index (χ1v) is 11.7. The molecule has 0 heterocycles. The van der Waals surface area contributed by atoms with E-state index in [2.05, 4.69) is 25.7 Å². The number of aliphatic hydroxyl groups excluding tert-OH is 1. The maximum absolute atomic E-state index is 10.2. The number of unbranched alkanes of at least 4 members (excludes halogenated alkanes) is 14. The molecule has 1 atom stereocenters. The highest BCUT2D eigenvalue weighted by Gasteiger charge is 2.12. The summed E-state index contributed by atoms with van der Waals surface area (Å²) in [4.78, 5) is 2.33. The van der Waals surface area contributed by atoms with Gasteiger partial charge in [-0.05, 0) is 19.3 Å². The van der Waals surface area contributed by atoms with E-state index in [9.17, 15) is 5.11 Å². The van der Waals surface area contributed by atoms with E-state index in [0.717, 1.165) is 19.5 Å². The van der Waals surface area contributed by atoms with Crippen molar-refractivity contribution in [3.8, 4) is 0 Å². The number of hydrogen-bond donors (Lipinski definition) is 1. The van der Waals surface area contributed by atoms with Gasteiger partial charge in [-0.3, -0.25) is 4.90 Å². The van der Waals surface area contributed by atoms with Crippen LogP contribution in [0.4, 0.5) is 0 Å². The summed E-state index contributed by atoms with van der Waals surface area (Å²) in [5.74, 6) is 0. The Bertz CT molecular complexity index is 224. The predicted octanol–water partition coefficient (Wildman–Crippen LogP) is 7.30. The highest BCUT2D eigenvalue weighted by Crippen LogP contribution is 2.13. The molecule has 1 N–H and O–H groups in total. The predicted molar refractivity (Wildman–Crippen MR) is 113 cm³/mol. The minimum atomic E-state index is -0.228. The van der Waals surface area contributed by atoms with Crippen LogP contribution in [0.2, 0.25) is 0 Å². The average molecular weight is 356 g/mol. The molecule has 0 aliphatic rings. The minimum Gasteiger partial charge on any atom is -0.378 e. The van der Waals surface area contributed by atoms with Crippen molar-refractivity contribution < 1.29 is 5.11 Å². The maximum Gasteiger partial charge on any atom is 0.107 e. The van der Waals surface area contributed by atoms with Crippen LogP contribution in [-0.2, 0) is 0 Å². The number of rotatable bonds is 20. The lowest BCUT2D eigenvalue weighted by molar-refractivity contribution is -0.00101. The zero-order valence-electron chi connectivity index (χ0n) is 17.9. The van der Waals surface area contributed by atoms with Crippen molar-refractivity contribution in [2.24, 2.45) is 0 Å². The second-order valence-corrected chi connectivity index (χ2v) is 7.87. The summed E-state index contributed by atoms with van der Waals surface area (Å²) in [7, 11) is 0. The second-order valence-electron chi connectivity index (χ2n) is 7.87. The van der Waals surface area contributed by atoms with Crippen LogP contribution in [0.3, 0.4) is 0 Å². The SMILES string of the molecule is CCCCCCCCCCN(CCCCCCCCCC)C(O)CC. The largest absolute Gasteiger partial charge is 0.378 e. The fourth-order valence-corrected chi connectivity index (χ4v) is 3.57. The van der Waals surface area contributed by atoms with Crippen LogP contribution in [0.1, 0.15) is 130 Å². The van der Waals surface area contributed by atoms with Crippen LogP contribution < -0.4 is 0 Å². The van der Waals surface area contributed by atoms with E-state index in [1.807, 2.05) is 0 Å². The summed E-state index contributed by atoms with van der Waals surface area (Å²) in [6.45, 7) is 8.82. The third kappa shape index (κ3) is 17.1. The standard InChI is InChI=1S/C23H49NO/c1-4-7-9-11-13-15-17-19-21-24(23(25)6-3)22-20-18-16-14-12-10-8-5-2/h23,25H,4-22H2,1-3H3. The summed E-state index contributed by atoms with van der Waals surface area (Å²) >= 11 is 0. The molecule has 0 saturated carbocycles. The molecule has 0 aliphatic carbocycles. The summed E-state index contributed by atoms with van der Waals surface area (Å²) in [6.07, 6.45) is 22.4. The van der Waals surface area contributed by atoms with Gasteiger partial charge in [0.2, 0.25) is 0 Å². The topological polar surface area (TPSA) is 23.5 Å². The van der Waals surface area contributed by atoms with Crippen LogP contribution in [0.5, 0.6) is 0 Å². The molecule has 0 bridgehead atoms. The average Bonchev–Trinajstić information content (AvgIpc) is 2.63. The molecule has 1 unspecified atom stereocenters. The third-order valence-corrected chi connectivity index (χ3v) is 5.38. The van der Waals surface area contributed by atoms with Crippen LogP contribution in [0.15, 0.2) is 0 Å². The van der Waals surface area contributed by atoms with Crippen LogP contribution in [0.25, 0.3) is 0 Å². The Balaban J connectivity index is 3.62. The summed E-state index contributed by atoms with van der Waals surface area (Å²) in [6, 6.07) is 0. The van der Waals surface area contributed by atoms with Crippen molar-refractivity contribution in [2.75, 3.05) is 13.1 Å². The molecule has 0 radical (unpaired) electrons. The molecule has 2 nitrogen and oxygen atoms in total. The Morgan fingerprint density at radius 3 is 1.16 bits per heavy atom. The van der Waals surface area contributed by atoms with Crippen molar-refractivity contribution >= 4 is 0 Å². The Morgan fingerprint density at radius 1 is 0.520 bits per heavy atom. The van der Waals surface area contributed by atoms with Gasteiger partial charge >= 0.3 is 0 Å². The Kier molecular flexibility index (Phi) is 20.2. The molecule has 0 spiro atoms. The normalized spacial score (nSPS) is 12.8. The Morgan fingerprint density at radius 2 is 0.840 bits per heavy atom. The van der Waals surface area contributed by atoms with Gasteiger partial charge in [0.25, 0.3) is 0 Å². The van der Waals surface area contributed by atoms with Crippen molar-refractivity contribution in [2.45, 2.75) is 136 Å². The van der Waals surface area contributed by atoms with Crippen molar-refractivity contribution in [3.05, 3.63) is 0 Å². The molecule has 0 saturated heterocycles. The molecule has 152 valence electrons. The van der Waals surface area contributed by atoms with Crippen LogP contribution in [0, 0.1) is 0 Å². The van der Waals surface area contributed by atoms with E-state index < -0.39 is 0 Å². The Hall–Kier alpha value is -0.0800. The van der Waals surface area contributed by atoms with Gasteiger partial charge in [0, 0.05) is 13.1 Å². The van der Waals surface area contributed by atoms with Gasteiger partial charge < -0.3 is 5.11 Å². The van der Waals surface area contributed by atoms with Gasteiger partial charge in [0.05, 0.1) is 0 Å². The first-order valence-electron chi connectivity index (χ1n) is 11.7. The molecule has 0 aromatic carbocycles. The van der Waals surface area contributed by atoms with Gasteiger partial charge in [-0.1, -0.05) is 111 Å². The van der Waals surface area contributed by atoms with Crippen molar-refractivity contribution in [1.29, 1.82) is 0 Å². The first-order chi connectivity index (χ1) is 12.3. The number of aliphatic hydroxyl groups is 1. The molecular weight excluding hydrogens is 306 g/mol. The van der Waals surface area contributed by atoms with Gasteiger partial charge in [-0.15, -0.1) is 0 Å². The van der Waals surface area contributed by atoms with Gasteiger partial charge in [-0.2, -0.15) is 0 Å². The maximum atomic E-state index is 10.2. The lowest BCUT2D eigenvalue weighted by Gasteiger charge is -2.27. The fraction of sp³-hybridized carbons (Fsp3) is 1.00. The van der Waals surface area contributed by atoms with Crippen molar-refractivity contribution in [3.63, 3.8) is 0 Å². The first kappa shape index (κ1) is 24.9. The van der Waals surface area contributed by atoms with Gasteiger partial charge in [-0.25, -0.2) is 0 Å². The summed E-state index contributed by atoms with van der Waals surface area (Å²) in [5.41, 5.74) is 0. The molecule has 0 amide bonds. The van der Waals surface area contributed by atoms with Crippen LogP contribution in [-0.4, -0.2) is 29.3 Å². The number of nitrogens with zero attached hydrogens (tertiary/aromatic N) is 1. The molecule has 0 aliphatic heterocycles. The zero-order valence-corrected chi connectivity index (χ0v) is 17.9. The van der Waals surface area contributed by atoms with E-state index in [-0.39, 0.29) is 6.23 Å².